The van der Waals surface area contributed by atoms with E-state index in [9.17, 15) is 4.79 Å². The molecular weight excluding hydrogens is 342 g/mol. The Balaban J connectivity index is 1.31. The number of aryl methyl sites for hydroxylation is 1. The molecule has 0 aliphatic carbocycles. The molecule has 5 heteroatoms. The second-order valence-electron chi connectivity index (χ2n) is 6.07. The van der Waals surface area contributed by atoms with Gasteiger partial charge in [0.1, 0.15) is 9.88 Å². The minimum absolute atomic E-state index is 0.0537. The number of benzene rings is 2. The lowest BCUT2D eigenvalue weighted by molar-refractivity contribution is 0.0956. The van der Waals surface area contributed by atoms with Gasteiger partial charge in [-0.25, -0.2) is 4.98 Å². The molecule has 4 nitrogen and oxygen atoms in total. The second-order valence-corrected chi connectivity index (χ2v) is 7.10. The van der Waals surface area contributed by atoms with E-state index in [0.717, 1.165) is 23.5 Å². The number of hydrogen-bond donors (Lipinski definition) is 1. The molecule has 0 aliphatic rings. The Kier molecular flexibility index (Phi) is 4.80. The van der Waals surface area contributed by atoms with E-state index in [-0.39, 0.29) is 5.91 Å². The Morgan fingerprint density at radius 2 is 1.85 bits per heavy atom. The summed E-state index contributed by atoms with van der Waals surface area (Å²) >= 11 is 1.42. The number of aromatic nitrogens is 2. The third-order valence-corrected chi connectivity index (χ3v) is 5.34. The molecule has 0 aliphatic heterocycles. The Hall–Kier alpha value is -2.92. The van der Waals surface area contributed by atoms with E-state index in [1.807, 2.05) is 36.4 Å². The van der Waals surface area contributed by atoms with Gasteiger partial charge in [-0.15, -0.1) is 11.3 Å². The summed E-state index contributed by atoms with van der Waals surface area (Å²) < 4.78 is 2.22. The van der Waals surface area contributed by atoms with Crippen molar-refractivity contribution in [2.24, 2.45) is 0 Å². The molecule has 1 amide bonds. The van der Waals surface area contributed by atoms with E-state index < -0.39 is 0 Å². The maximum atomic E-state index is 12.3. The molecule has 4 rings (SSSR count). The van der Waals surface area contributed by atoms with Gasteiger partial charge in [0.05, 0.1) is 6.20 Å². The molecule has 26 heavy (non-hydrogen) atoms. The SMILES string of the molecule is O=C(NCCCn1ccc2ccccc21)c1cnc(-c2ccccc2)s1. The van der Waals surface area contributed by atoms with E-state index in [0.29, 0.717) is 11.4 Å². The van der Waals surface area contributed by atoms with Crippen molar-refractivity contribution in [1.82, 2.24) is 14.9 Å². The summed E-state index contributed by atoms with van der Waals surface area (Å²) in [7, 11) is 0. The molecule has 1 N–H and O–H groups in total. The summed E-state index contributed by atoms with van der Waals surface area (Å²) in [5.41, 5.74) is 2.27. The van der Waals surface area contributed by atoms with Gasteiger partial charge < -0.3 is 9.88 Å². The highest BCUT2D eigenvalue weighted by Crippen LogP contribution is 2.24. The van der Waals surface area contributed by atoms with Crippen LogP contribution in [0.15, 0.2) is 73.1 Å². The fraction of sp³-hybridized carbons (Fsp3) is 0.143. The fourth-order valence-corrected chi connectivity index (χ4v) is 3.81. The lowest BCUT2D eigenvalue weighted by atomic mass is 10.2. The molecule has 0 saturated carbocycles. The predicted octanol–water partition coefficient (Wildman–Crippen LogP) is 4.58. The van der Waals surface area contributed by atoms with E-state index in [2.05, 4.69) is 45.3 Å². The number of nitrogens with one attached hydrogen (secondary N) is 1. The maximum absolute atomic E-state index is 12.3. The molecule has 0 spiro atoms. The summed E-state index contributed by atoms with van der Waals surface area (Å²) in [6.45, 7) is 1.52. The van der Waals surface area contributed by atoms with Gasteiger partial charge in [-0.05, 0) is 23.9 Å². The number of hydrogen-bond acceptors (Lipinski definition) is 3. The Morgan fingerprint density at radius 1 is 1.04 bits per heavy atom. The average Bonchev–Trinajstić information content (AvgIpc) is 3.33. The molecule has 0 saturated heterocycles. The van der Waals surface area contributed by atoms with Crippen LogP contribution in [0.2, 0.25) is 0 Å². The van der Waals surface area contributed by atoms with Crippen LogP contribution in [-0.2, 0) is 6.54 Å². The number of rotatable bonds is 6. The van der Waals surface area contributed by atoms with Crippen molar-refractivity contribution in [3.8, 4) is 10.6 Å². The standard InChI is InChI=1S/C21H19N3OS/c25-20(19-15-23-21(26-19)17-8-2-1-3-9-17)22-12-6-13-24-14-11-16-7-4-5-10-18(16)24/h1-5,7-11,14-15H,6,12-13H2,(H,22,25). The molecule has 2 aromatic carbocycles. The van der Waals surface area contributed by atoms with E-state index >= 15 is 0 Å². The number of nitrogens with zero attached hydrogens (tertiary/aromatic N) is 2. The van der Waals surface area contributed by atoms with E-state index in [1.54, 1.807) is 6.20 Å². The normalized spacial score (nSPS) is 10.9. The van der Waals surface area contributed by atoms with Gasteiger partial charge in [0.2, 0.25) is 0 Å². The van der Waals surface area contributed by atoms with Crippen LogP contribution in [0.1, 0.15) is 16.1 Å². The molecule has 0 radical (unpaired) electrons. The van der Waals surface area contributed by atoms with Gasteiger partial charge in [-0.2, -0.15) is 0 Å². The van der Waals surface area contributed by atoms with Crippen molar-refractivity contribution in [3.05, 3.63) is 77.9 Å². The largest absolute Gasteiger partial charge is 0.351 e. The van der Waals surface area contributed by atoms with Gasteiger partial charge in [0.25, 0.3) is 5.91 Å². The molecule has 4 aromatic rings. The van der Waals surface area contributed by atoms with Crippen molar-refractivity contribution < 1.29 is 4.79 Å². The molecule has 130 valence electrons. The molecule has 0 atom stereocenters. The molecule has 2 aromatic heterocycles. The van der Waals surface area contributed by atoms with Crippen molar-refractivity contribution >= 4 is 28.1 Å². The molecule has 0 unspecified atom stereocenters. The van der Waals surface area contributed by atoms with E-state index in [4.69, 9.17) is 0 Å². The Labute approximate surface area is 156 Å². The minimum Gasteiger partial charge on any atom is -0.351 e. The number of carbonyl (C=O) groups excluding carboxylic acids is 1. The monoisotopic (exact) mass is 361 g/mol. The van der Waals surface area contributed by atoms with Gasteiger partial charge in [-0.1, -0.05) is 48.5 Å². The number of thiazole rings is 1. The molecular formula is C21H19N3OS. The van der Waals surface area contributed by atoms with Crippen LogP contribution < -0.4 is 5.32 Å². The van der Waals surface area contributed by atoms with Gasteiger partial charge in [0.15, 0.2) is 0 Å². The van der Waals surface area contributed by atoms with E-state index in [1.165, 1.54) is 22.2 Å². The zero-order valence-electron chi connectivity index (χ0n) is 14.3. The Bertz CT molecular complexity index is 1020. The van der Waals surface area contributed by atoms with Crippen LogP contribution in [0.5, 0.6) is 0 Å². The number of para-hydroxylation sites is 1. The van der Waals surface area contributed by atoms with Crippen LogP contribution in [0.25, 0.3) is 21.5 Å². The molecule has 0 fully saturated rings. The average molecular weight is 361 g/mol. The van der Waals surface area contributed by atoms with Crippen LogP contribution in [0.4, 0.5) is 0 Å². The van der Waals surface area contributed by atoms with Crippen molar-refractivity contribution in [3.63, 3.8) is 0 Å². The lowest BCUT2D eigenvalue weighted by Gasteiger charge is -2.06. The summed E-state index contributed by atoms with van der Waals surface area (Å²) in [6.07, 6.45) is 4.64. The lowest BCUT2D eigenvalue weighted by Crippen LogP contribution is -2.24. The second kappa shape index (κ2) is 7.54. The third-order valence-electron chi connectivity index (χ3n) is 4.29. The van der Waals surface area contributed by atoms with Crippen LogP contribution in [-0.4, -0.2) is 22.0 Å². The Morgan fingerprint density at radius 3 is 2.73 bits per heavy atom. The highest BCUT2D eigenvalue weighted by atomic mass is 32.1. The summed E-state index contributed by atoms with van der Waals surface area (Å²) in [6, 6.07) is 20.4. The number of fused-ring (bicyclic) bond motifs is 1. The number of amides is 1. The maximum Gasteiger partial charge on any atom is 0.263 e. The topological polar surface area (TPSA) is 46.9 Å². The highest BCUT2D eigenvalue weighted by molar-refractivity contribution is 7.16. The molecule has 2 heterocycles. The summed E-state index contributed by atoms with van der Waals surface area (Å²) in [4.78, 5) is 17.3. The summed E-state index contributed by atoms with van der Waals surface area (Å²) in [5.74, 6) is -0.0537. The van der Waals surface area contributed by atoms with Gasteiger partial charge >= 0.3 is 0 Å². The van der Waals surface area contributed by atoms with Crippen LogP contribution in [0.3, 0.4) is 0 Å². The zero-order valence-corrected chi connectivity index (χ0v) is 15.1. The smallest absolute Gasteiger partial charge is 0.263 e. The minimum atomic E-state index is -0.0537. The third kappa shape index (κ3) is 3.53. The van der Waals surface area contributed by atoms with Crippen molar-refractivity contribution in [2.75, 3.05) is 6.54 Å². The van der Waals surface area contributed by atoms with Gasteiger partial charge in [0, 0.05) is 30.4 Å². The summed E-state index contributed by atoms with van der Waals surface area (Å²) in [5, 5.41) is 5.11. The first-order valence-corrected chi connectivity index (χ1v) is 9.46. The predicted molar refractivity (Wildman–Crippen MR) is 106 cm³/mol. The first-order chi connectivity index (χ1) is 12.8. The van der Waals surface area contributed by atoms with Crippen molar-refractivity contribution in [2.45, 2.75) is 13.0 Å². The van der Waals surface area contributed by atoms with Crippen LogP contribution in [0, 0.1) is 0 Å². The number of carbonyl (C=O) groups is 1. The fourth-order valence-electron chi connectivity index (χ4n) is 2.97. The zero-order chi connectivity index (χ0) is 17.8. The van der Waals surface area contributed by atoms with Crippen LogP contribution >= 0.6 is 11.3 Å². The molecule has 0 bridgehead atoms. The highest BCUT2D eigenvalue weighted by Gasteiger charge is 2.11. The van der Waals surface area contributed by atoms with Crippen molar-refractivity contribution in [1.29, 1.82) is 0 Å². The van der Waals surface area contributed by atoms with Gasteiger partial charge in [-0.3, -0.25) is 4.79 Å². The quantitative estimate of drug-likeness (QED) is 0.511. The first kappa shape index (κ1) is 16.5. The first-order valence-electron chi connectivity index (χ1n) is 8.64.